The highest BCUT2D eigenvalue weighted by Gasteiger charge is 2.39. The van der Waals surface area contributed by atoms with Gasteiger partial charge in [-0.25, -0.2) is 4.99 Å². The molecule has 0 spiro atoms. The molecule has 3 aromatic carbocycles. The van der Waals surface area contributed by atoms with Crippen LogP contribution in [0.1, 0.15) is 12.5 Å². The summed E-state index contributed by atoms with van der Waals surface area (Å²) in [7, 11) is 1.66. The number of amides is 1. The number of fused-ring (bicyclic) bond motifs is 1. The van der Waals surface area contributed by atoms with E-state index in [0.29, 0.717) is 21.6 Å². The number of hydrogen-bond donors (Lipinski definition) is 0. The highest BCUT2D eigenvalue weighted by atomic mass is 35.5. The summed E-state index contributed by atoms with van der Waals surface area (Å²) in [6.45, 7) is 3.28. The number of methoxy groups -OCH3 is 1. The van der Waals surface area contributed by atoms with Crippen molar-refractivity contribution in [2.24, 2.45) is 4.99 Å². The molecule has 0 aromatic heterocycles. The molecule has 2 aliphatic heterocycles. The first-order chi connectivity index (χ1) is 16.6. The number of aliphatic imine (C=N–C) groups is 1. The maximum Gasteiger partial charge on any atom is 0.269 e. The Kier molecular flexibility index (Phi) is 6.59. The number of rotatable bonds is 5. The number of amidine groups is 1. The van der Waals surface area contributed by atoms with Gasteiger partial charge in [0.25, 0.3) is 5.91 Å². The molecule has 5 nitrogen and oxygen atoms in total. The van der Waals surface area contributed by atoms with Crippen LogP contribution in [0.2, 0.25) is 5.02 Å². The van der Waals surface area contributed by atoms with Crippen molar-refractivity contribution in [1.29, 1.82) is 0 Å². The third-order valence-electron chi connectivity index (χ3n) is 5.52. The summed E-state index contributed by atoms with van der Waals surface area (Å²) in [5, 5.41) is 2.24. The number of halogens is 1. The first kappa shape index (κ1) is 22.9. The van der Waals surface area contributed by atoms with Crippen LogP contribution in [0.4, 0.5) is 11.4 Å². The molecule has 8 heteroatoms. The van der Waals surface area contributed by atoms with Gasteiger partial charge in [-0.15, -0.1) is 0 Å². The summed E-state index contributed by atoms with van der Waals surface area (Å²) in [5.74, 6) is 0.757. The molecule has 2 heterocycles. The van der Waals surface area contributed by atoms with Gasteiger partial charge in [-0.2, -0.15) is 0 Å². The van der Waals surface area contributed by atoms with Crippen molar-refractivity contribution in [2.75, 3.05) is 18.6 Å². The molecule has 0 N–H and O–H groups in total. The Hall–Kier alpha value is -2.87. The lowest BCUT2D eigenvalue weighted by Crippen LogP contribution is -2.29. The molecule has 3 aromatic rings. The number of anilines is 1. The number of hydrogen-bond acceptors (Lipinski definition) is 6. The molecule has 1 saturated heterocycles. The lowest BCUT2D eigenvalue weighted by atomic mass is 10.2. The topological polar surface area (TPSA) is 45.1 Å². The van der Waals surface area contributed by atoms with Crippen molar-refractivity contribution < 1.29 is 9.53 Å². The molecule has 2 aliphatic rings. The molecule has 0 saturated carbocycles. The molecule has 0 radical (unpaired) electrons. The molecular weight excluding hydrogens is 486 g/mol. The predicted molar refractivity (Wildman–Crippen MR) is 142 cm³/mol. The van der Waals surface area contributed by atoms with Crippen LogP contribution in [0.25, 0.3) is 0 Å². The van der Waals surface area contributed by atoms with E-state index in [1.165, 1.54) is 11.8 Å². The van der Waals surface area contributed by atoms with Crippen LogP contribution in [-0.4, -0.2) is 29.6 Å². The average Bonchev–Trinajstić information content (AvgIpc) is 3.37. The zero-order chi connectivity index (χ0) is 23.7. The fraction of sp³-hybridized carbons (Fsp3) is 0.154. The summed E-state index contributed by atoms with van der Waals surface area (Å²) in [4.78, 5) is 24.3. The fourth-order valence-electron chi connectivity index (χ4n) is 3.82. The average molecular weight is 508 g/mol. The largest absolute Gasteiger partial charge is 0.497 e. The number of carbonyl (C=O) groups excluding carboxylic acids is 1. The summed E-state index contributed by atoms with van der Waals surface area (Å²) in [5.41, 5.74) is 2.86. The zero-order valence-corrected chi connectivity index (χ0v) is 21.1. The molecule has 172 valence electrons. The monoisotopic (exact) mass is 507 g/mol. The van der Waals surface area contributed by atoms with Crippen LogP contribution in [0.15, 0.2) is 92.6 Å². The zero-order valence-electron chi connectivity index (χ0n) is 18.7. The second-order valence-electron chi connectivity index (χ2n) is 7.66. The van der Waals surface area contributed by atoms with Gasteiger partial charge in [0.05, 0.1) is 25.0 Å². The van der Waals surface area contributed by atoms with Gasteiger partial charge in [0.1, 0.15) is 15.7 Å². The molecule has 1 fully saturated rings. The molecule has 34 heavy (non-hydrogen) atoms. The number of carbonyl (C=O) groups is 1. The number of nitrogens with zero attached hydrogens (tertiary/aromatic N) is 3. The van der Waals surface area contributed by atoms with Crippen LogP contribution < -0.4 is 9.64 Å². The standard InChI is InChI=1S/C26H22ClN3O2S2/c1-3-29-21-15-20(32-2)13-14-22(21)33-25(29)23-24(31)30(16-17-7-5-4-6-8-17)26(34-23)28-19-11-9-18(27)10-12-19/h4-15H,3,16H2,1-2H3. The summed E-state index contributed by atoms with van der Waals surface area (Å²) in [6.07, 6.45) is 0. The normalized spacial score (nSPS) is 18.7. The summed E-state index contributed by atoms with van der Waals surface area (Å²) in [6, 6.07) is 23.3. The van der Waals surface area contributed by atoms with E-state index < -0.39 is 0 Å². The smallest absolute Gasteiger partial charge is 0.269 e. The molecule has 0 aliphatic carbocycles. The third kappa shape index (κ3) is 4.43. The Morgan fingerprint density at radius 3 is 2.44 bits per heavy atom. The molecule has 0 unspecified atom stereocenters. The third-order valence-corrected chi connectivity index (χ3v) is 8.15. The van der Waals surface area contributed by atoms with Gasteiger partial charge in [-0.3, -0.25) is 9.69 Å². The minimum absolute atomic E-state index is 0.0395. The van der Waals surface area contributed by atoms with Crippen molar-refractivity contribution in [3.63, 3.8) is 0 Å². The number of ether oxygens (including phenoxy) is 1. The van der Waals surface area contributed by atoms with Crippen molar-refractivity contribution in [2.45, 2.75) is 18.4 Å². The Morgan fingerprint density at radius 2 is 1.74 bits per heavy atom. The van der Waals surface area contributed by atoms with Gasteiger partial charge >= 0.3 is 0 Å². The summed E-state index contributed by atoms with van der Waals surface area (Å²) < 4.78 is 5.43. The van der Waals surface area contributed by atoms with E-state index in [2.05, 4.69) is 11.8 Å². The highest BCUT2D eigenvalue weighted by Crippen LogP contribution is 2.51. The second kappa shape index (κ2) is 9.78. The number of thioether (sulfide) groups is 2. The van der Waals surface area contributed by atoms with E-state index >= 15 is 0 Å². The molecule has 0 atom stereocenters. The van der Waals surface area contributed by atoms with E-state index in [1.807, 2.05) is 60.7 Å². The number of benzene rings is 3. The molecular formula is C26H22ClN3O2S2. The maximum absolute atomic E-state index is 13.8. The van der Waals surface area contributed by atoms with Crippen LogP contribution in [-0.2, 0) is 11.3 Å². The minimum atomic E-state index is -0.0395. The Labute approximate surface area is 212 Å². The van der Waals surface area contributed by atoms with Crippen molar-refractivity contribution in [1.82, 2.24) is 4.90 Å². The van der Waals surface area contributed by atoms with Crippen LogP contribution in [0.5, 0.6) is 5.75 Å². The maximum atomic E-state index is 13.8. The van der Waals surface area contributed by atoms with Gasteiger partial charge in [0.2, 0.25) is 0 Å². The van der Waals surface area contributed by atoms with Gasteiger partial charge < -0.3 is 9.64 Å². The fourth-order valence-corrected chi connectivity index (χ4v) is 6.32. The summed E-state index contributed by atoms with van der Waals surface area (Å²) >= 11 is 9.09. The lowest BCUT2D eigenvalue weighted by molar-refractivity contribution is -0.122. The van der Waals surface area contributed by atoms with Gasteiger partial charge in [-0.05, 0) is 60.6 Å². The van der Waals surface area contributed by atoms with Crippen molar-refractivity contribution in [3.05, 3.63) is 93.3 Å². The van der Waals surface area contributed by atoms with E-state index in [0.717, 1.165) is 39.2 Å². The van der Waals surface area contributed by atoms with Gasteiger partial charge in [0.15, 0.2) is 5.17 Å². The second-order valence-corrected chi connectivity index (χ2v) is 10.1. The highest BCUT2D eigenvalue weighted by molar-refractivity contribution is 8.19. The quantitative estimate of drug-likeness (QED) is 0.351. The van der Waals surface area contributed by atoms with Crippen LogP contribution in [0.3, 0.4) is 0 Å². The van der Waals surface area contributed by atoms with Crippen LogP contribution >= 0.6 is 35.1 Å². The molecule has 0 bridgehead atoms. The Balaban J connectivity index is 1.56. The van der Waals surface area contributed by atoms with Crippen molar-refractivity contribution in [3.8, 4) is 5.75 Å². The SMILES string of the molecule is CCN1C(=C2SC(=Nc3ccc(Cl)cc3)N(Cc3ccccc3)C2=O)Sc2ccc(OC)cc21. The Bertz CT molecular complexity index is 1290. The van der Waals surface area contributed by atoms with Crippen LogP contribution in [0, 0.1) is 0 Å². The van der Waals surface area contributed by atoms with E-state index in [1.54, 1.807) is 35.9 Å². The van der Waals surface area contributed by atoms with Gasteiger partial charge in [0, 0.05) is 22.5 Å². The van der Waals surface area contributed by atoms with Gasteiger partial charge in [-0.1, -0.05) is 53.7 Å². The van der Waals surface area contributed by atoms with E-state index in [9.17, 15) is 4.79 Å². The molecule has 1 amide bonds. The Morgan fingerprint density at radius 1 is 0.971 bits per heavy atom. The van der Waals surface area contributed by atoms with E-state index in [4.69, 9.17) is 21.3 Å². The first-order valence-electron chi connectivity index (χ1n) is 10.8. The first-order valence-corrected chi connectivity index (χ1v) is 12.8. The predicted octanol–water partition coefficient (Wildman–Crippen LogP) is 6.91. The lowest BCUT2D eigenvalue weighted by Gasteiger charge is -2.19. The molecule has 5 rings (SSSR count). The van der Waals surface area contributed by atoms with E-state index in [-0.39, 0.29) is 5.91 Å². The minimum Gasteiger partial charge on any atom is -0.497 e. The van der Waals surface area contributed by atoms with Crippen molar-refractivity contribution >= 4 is 57.6 Å².